The second-order valence-corrected chi connectivity index (χ2v) is 5.41. The lowest BCUT2D eigenvalue weighted by Gasteiger charge is -2.33. The van der Waals surface area contributed by atoms with E-state index in [1.807, 2.05) is 0 Å². The number of ether oxygens (including phenoxy) is 1. The summed E-state index contributed by atoms with van der Waals surface area (Å²) in [5, 5.41) is 0. The molecule has 3 nitrogen and oxygen atoms in total. The number of likely N-dealkylation sites (tertiary alicyclic amines) is 1. The molecule has 0 aromatic rings. The third-order valence-corrected chi connectivity index (χ3v) is 3.59. The largest absolute Gasteiger partial charge is 0.378 e. The van der Waals surface area contributed by atoms with E-state index in [1.54, 1.807) is 0 Å². The van der Waals surface area contributed by atoms with Gasteiger partial charge in [-0.25, -0.2) is 0 Å². The van der Waals surface area contributed by atoms with Crippen molar-refractivity contribution in [2.45, 2.75) is 52.1 Å². The maximum Gasteiger partial charge on any atom is 0.0599 e. The van der Waals surface area contributed by atoms with Gasteiger partial charge >= 0.3 is 0 Å². The predicted molar refractivity (Wildman–Crippen MR) is 73.2 cm³/mol. The molecule has 0 bridgehead atoms. The topological polar surface area (TPSA) is 38.5 Å². The van der Waals surface area contributed by atoms with Crippen LogP contribution in [0.2, 0.25) is 0 Å². The summed E-state index contributed by atoms with van der Waals surface area (Å²) in [6, 6.07) is 0. The van der Waals surface area contributed by atoms with E-state index in [1.165, 1.54) is 45.3 Å². The van der Waals surface area contributed by atoms with Crippen LogP contribution < -0.4 is 5.73 Å². The molecule has 17 heavy (non-hydrogen) atoms. The van der Waals surface area contributed by atoms with Gasteiger partial charge in [-0.15, -0.1) is 0 Å². The fraction of sp³-hybridized carbons (Fsp3) is 1.00. The maximum atomic E-state index is 5.82. The molecule has 1 fully saturated rings. The lowest BCUT2D eigenvalue weighted by atomic mass is 10.0. The molecule has 3 heteroatoms. The minimum absolute atomic E-state index is 0.485. The first kappa shape index (κ1) is 14.9. The number of hydrogen-bond donors (Lipinski definition) is 1. The second kappa shape index (κ2) is 8.90. The van der Waals surface area contributed by atoms with Gasteiger partial charge in [-0.05, 0) is 38.1 Å². The standard InChI is InChI=1S/C14H30N2O/c1-3-5-13(2)12-16-9-6-14(7-10-16)17-11-4-8-15/h13-14H,3-12,15H2,1-2H3. The summed E-state index contributed by atoms with van der Waals surface area (Å²) in [4.78, 5) is 2.60. The van der Waals surface area contributed by atoms with Gasteiger partial charge in [0.25, 0.3) is 0 Å². The first-order valence-corrected chi connectivity index (χ1v) is 7.30. The average Bonchev–Trinajstić information content (AvgIpc) is 2.32. The van der Waals surface area contributed by atoms with Crippen molar-refractivity contribution in [2.24, 2.45) is 11.7 Å². The quantitative estimate of drug-likeness (QED) is 0.664. The summed E-state index contributed by atoms with van der Waals surface area (Å²) in [5.74, 6) is 0.842. The van der Waals surface area contributed by atoms with Crippen LogP contribution in [0.1, 0.15) is 46.0 Å². The Labute approximate surface area is 107 Å². The molecule has 2 N–H and O–H groups in total. The van der Waals surface area contributed by atoms with Crippen molar-refractivity contribution >= 4 is 0 Å². The second-order valence-electron chi connectivity index (χ2n) is 5.41. The lowest BCUT2D eigenvalue weighted by Crippen LogP contribution is -2.39. The SMILES string of the molecule is CCCC(C)CN1CCC(OCCCN)CC1. The molecular weight excluding hydrogens is 212 g/mol. The molecule has 1 unspecified atom stereocenters. The van der Waals surface area contributed by atoms with Crippen molar-refractivity contribution in [3.63, 3.8) is 0 Å². The van der Waals surface area contributed by atoms with Crippen LogP contribution in [-0.4, -0.2) is 43.8 Å². The molecule has 1 atom stereocenters. The van der Waals surface area contributed by atoms with Gasteiger partial charge in [0.1, 0.15) is 0 Å². The Morgan fingerprint density at radius 2 is 2.06 bits per heavy atom. The van der Waals surface area contributed by atoms with Gasteiger partial charge < -0.3 is 15.4 Å². The highest BCUT2D eigenvalue weighted by Gasteiger charge is 2.20. The molecule has 0 aromatic carbocycles. The van der Waals surface area contributed by atoms with Gasteiger partial charge in [0.15, 0.2) is 0 Å². The van der Waals surface area contributed by atoms with E-state index in [2.05, 4.69) is 18.7 Å². The first-order chi connectivity index (χ1) is 8.26. The van der Waals surface area contributed by atoms with Crippen LogP contribution in [0.4, 0.5) is 0 Å². The summed E-state index contributed by atoms with van der Waals surface area (Å²) in [6.07, 6.45) is 6.53. The fourth-order valence-corrected chi connectivity index (χ4v) is 2.62. The zero-order chi connectivity index (χ0) is 12.5. The van der Waals surface area contributed by atoms with E-state index < -0.39 is 0 Å². The van der Waals surface area contributed by atoms with Crippen LogP contribution in [0.5, 0.6) is 0 Å². The monoisotopic (exact) mass is 242 g/mol. The molecule has 0 amide bonds. The molecule has 1 rings (SSSR count). The molecule has 0 spiro atoms. The highest BCUT2D eigenvalue weighted by molar-refractivity contribution is 4.74. The van der Waals surface area contributed by atoms with Gasteiger partial charge in [-0.1, -0.05) is 20.3 Å². The summed E-state index contributed by atoms with van der Waals surface area (Å²) < 4.78 is 5.82. The molecule has 0 aliphatic carbocycles. The van der Waals surface area contributed by atoms with Crippen LogP contribution in [0.3, 0.4) is 0 Å². The zero-order valence-corrected chi connectivity index (χ0v) is 11.7. The van der Waals surface area contributed by atoms with Crippen LogP contribution in [0.15, 0.2) is 0 Å². The third kappa shape index (κ3) is 6.39. The van der Waals surface area contributed by atoms with Crippen molar-refractivity contribution in [1.82, 2.24) is 4.90 Å². The van der Waals surface area contributed by atoms with E-state index in [0.29, 0.717) is 6.10 Å². The Kier molecular flexibility index (Phi) is 7.82. The Morgan fingerprint density at radius 1 is 1.35 bits per heavy atom. The van der Waals surface area contributed by atoms with Gasteiger partial charge in [-0.2, -0.15) is 0 Å². The van der Waals surface area contributed by atoms with Gasteiger partial charge in [0, 0.05) is 26.2 Å². The number of piperidine rings is 1. The molecule has 0 aromatic heterocycles. The van der Waals surface area contributed by atoms with E-state index in [-0.39, 0.29) is 0 Å². The minimum Gasteiger partial charge on any atom is -0.378 e. The molecule has 1 heterocycles. The average molecular weight is 242 g/mol. The number of nitrogens with zero attached hydrogens (tertiary/aromatic N) is 1. The third-order valence-electron chi connectivity index (χ3n) is 3.59. The van der Waals surface area contributed by atoms with Crippen LogP contribution in [0.25, 0.3) is 0 Å². The molecular formula is C14H30N2O. The number of rotatable bonds is 8. The van der Waals surface area contributed by atoms with Crippen molar-refractivity contribution in [2.75, 3.05) is 32.8 Å². The van der Waals surface area contributed by atoms with E-state index in [9.17, 15) is 0 Å². The summed E-state index contributed by atoms with van der Waals surface area (Å²) in [6.45, 7) is 9.91. The van der Waals surface area contributed by atoms with Gasteiger partial charge in [0.05, 0.1) is 6.10 Å². The molecule has 1 saturated heterocycles. The Bertz CT molecular complexity index is 179. The van der Waals surface area contributed by atoms with Crippen molar-refractivity contribution in [3.8, 4) is 0 Å². The first-order valence-electron chi connectivity index (χ1n) is 7.30. The highest BCUT2D eigenvalue weighted by Crippen LogP contribution is 2.16. The molecule has 0 saturated carbocycles. The number of nitrogens with two attached hydrogens (primary N) is 1. The van der Waals surface area contributed by atoms with Gasteiger partial charge in [-0.3, -0.25) is 0 Å². The summed E-state index contributed by atoms with van der Waals surface area (Å²) in [5.41, 5.74) is 5.46. The normalized spacial score (nSPS) is 20.6. The lowest BCUT2D eigenvalue weighted by molar-refractivity contribution is 0.00459. The van der Waals surface area contributed by atoms with E-state index in [0.717, 1.165) is 25.5 Å². The minimum atomic E-state index is 0.485. The summed E-state index contributed by atoms with van der Waals surface area (Å²) in [7, 11) is 0. The van der Waals surface area contributed by atoms with Crippen molar-refractivity contribution in [1.29, 1.82) is 0 Å². The van der Waals surface area contributed by atoms with Crippen LogP contribution in [0, 0.1) is 5.92 Å². The summed E-state index contributed by atoms with van der Waals surface area (Å²) >= 11 is 0. The molecule has 102 valence electrons. The van der Waals surface area contributed by atoms with Gasteiger partial charge in [0.2, 0.25) is 0 Å². The molecule has 1 aliphatic heterocycles. The predicted octanol–water partition coefficient (Wildman–Crippen LogP) is 2.25. The van der Waals surface area contributed by atoms with E-state index >= 15 is 0 Å². The number of hydrogen-bond acceptors (Lipinski definition) is 3. The van der Waals surface area contributed by atoms with Crippen LogP contribution >= 0.6 is 0 Å². The Morgan fingerprint density at radius 3 is 2.65 bits per heavy atom. The smallest absolute Gasteiger partial charge is 0.0599 e. The van der Waals surface area contributed by atoms with Crippen molar-refractivity contribution < 1.29 is 4.74 Å². The Hall–Kier alpha value is -0.120. The fourth-order valence-electron chi connectivity index (χ4n) is 2.62. The Balaban J connectivity index is 2.08. The van der Waals surface area contributed by atoms with Crippen LogP contribution in [-0.2, 0) is 4.74 Å². The van der Waals surface area contributed by atoms with Crippen molar-refractivity contribution in [3.05, 3.63) is 0 Å². The molecule has 1 aliphatic rings. The maximum absolute atomic E-state index is 5.82. The van der Waals surface area contributed by atoms with E-state index in [4.69, 9.17) is 10.5 Å². The highest BCUT2D eigenvalue weighted by atomic mass is 16.5. The molecule has 0 radical (unpaired) electrons. The zero-order valence-electron chi connectivity index (χ0n) is 11.7.